The van der Waals surface area contributed by atoms with Crippen molar-refractivity contribution < 1.29 is 9.90 Å². The first kappa shape index (κ1) is 16.4. The van der Waals surface area contributed by atoms with E-state index in [0.717, 1.165) is 44.0 Å². The molecule has 5 nitrogen and oxygen atoms in total. The Morgan fingerprint density at radius 1 is 1.04 bits per heavy atom. The van der Waals surface area contributed by atoms with E-state index >= 15 is 0 Å². The van der Waals surface area contributed by atoms with E-state index in [-0.39, 0.29) is 12.0 Å². The van der Waals surface area contributed by atoms with Crippen LogP contribution >= 0.6 is 0 Å². The number of aliphatic hydroxyl groups is 1. The van der Waals surface area contributed by atoms with Gasteiger partial charge in [-0.1, -0.05) is 0 Å². The zero-order chi connectivity index (χ0) is 17.2. The quantitative estimate of drug-likeness (QED) is 0.906. The van der Waals surface area contributed by atoms with Crippen LogP contribution < -0.4 is 0 Å². The lowest BCUT2D eigenvalue weighted by Gasteiger charge is -2.35. The van der Waals surface area contributed by atoms with Gasteiger partial charge in [-0.3, -0.25) is 9.69 Å². The molecule has 4 rings (SSSR count). The number of β-amino-alcohol motifs (C(OH)–C–C–N with tert-alkyl or cyclic N) is 1. The lowest BCUT2D eigenvalue weighted by atomic mass is 10.1. The Kier molecular flexibility index (Phi) is 4.59. The predicted molar refractivity (Wildman–Crippen MR) is 96.8 cm³/mol. The minimum Gasteiger partial charge on any atom is -0.392 e. The maximum absolute atomic E-state index is 12.7. The number of hydrogen-bond donors (Lipinski definition) is 1. The fraction of sp³-hybridized carbons (Fsp3) is 0.450. The summed E-state index contributed by atoms with van der Waals surface area (Å²) in [5.74, 6) is 0.611. The highest BCUT2D eigenvalue weighted by Crippen LogP contribution is 2.32. The van der Waals surface area contributed by atoms with Crippen LogP contribution in [0.1, 0.15) is 23.2 Å². The Labute approximate surface area is 148 Å². The smallest absolute Gasteiger partial charge is 0.253 e. The molecule has 132 valence electrons. The number of aromatic nitrogens is 1. The second-order valence-electron chi connectivity index (χ2n) is 7.13. The van der Waals surface area contributed by atoms with Gasteiger partial charge in [-0.15, -0.1) is 0 Å². The molecule has 1 aromatic carbocycles. The van der Waals surface area contributed by atoms with E-state index in [1.165, 1.54) is 12.8 Å². The molecule has 5 heteroatoms. The van der Waals surface area contributed by atoms with Crippen LogP contribution in [0.3, 0.4) is 0 Å². The average molecular weight is 339 g/mol. The first-order valence-electron chi connectivity index (χ1n) is 9.14. The van der Waals surface area contributed by atoms with Crippen LogP contribution in [0, 0.1) is 5.92 Å². The maximum Gasteiger partial charge on any atom is 0.253 e. The topological polar surface area (TPSA) is 48.7 Å². The van der Waals surface area contributed by atoms with Gasteiger partial charge >= 0.3 is 0 Å². The summed E-state index contributed by atoms with van der Waals surface area (Å²) in [7, 11) is 0. The van der Waals surface area contributed by atoms with Crippen LogP contribution in [-0.4, -0.2) is 64.2 Å². The summed E-state index contributed by atoms with van der Waals surface area (Å²) in [5.41, 5.74) is 1.79. The van der Waals surface area contributed by atoms with Crippen LogP contribution in [-0.2, 0) is 0 Å². The third kappa shape index (κ3) is 3.78. The Hall–Kier alpha value is -2.11. The SMILES string of the molecule is O=C(c1ccc(-n2cccc2)cc1)N1CCN(C[C@@H](O)C2CC2)CC1. The molecule has 1 saturated heterocycles. The van der Waals surface area contributed by atoms with Crippen molar-refractivity contribution in [1.29, 1.82) is 0 Å². The van der Waals surface area contributed by atoms with Crippen LogP contribution in [0.25, 0.3) is 5.69 Å². The number of piperazine rings is 1. The van der Waals surface area contributed by atoms with Gasteiger partial charge in [-0.2, -0.15) is 0 Å². The van der Waals surface area contributed by atoms with Crippen molar-refractivity contribution in [3.63, 3.8) is 0 Å². The van der Waals surface area contributed by atoms with Gasteiger partial charge in [0.05, 0.1) is 6.10 Å². The lowest BCUT2D eigenvalue weighted by molar-refractivity contribution is 0.0488. The van der Waals surface area contributed by atoms with E-state index < -0.39 is 0 Å². The number of benzene rings is 1. The Morgan fingerprint density at radius 3 is 2.28 bits per heavy atom. The first-order chi connectivity index (χ1) is 12.2. The fourth-order valence-electron chi connectivity index (χ4n) is 3.49. The highest BCUT2D eigenvalue weighted by molar-refractivity contribution is 5.94. The van der Waals surface area contributed by atoms with Gasteiger partial charge in [0.1, 0.15) is 0 Å². The molecule has 2 heterocycles. The van der Waals surface area contributed by atoms with Crippen LogP contribution in [0.15, 0.2) is 48.8 Å². The van der Waals surface area contributed by atoms with Gasteiger partial charge in [-0.25, -0.2) is 0 Å². The largest absolute Gasteiger partial charge is 0.392 e. The molecule has 1 saturated carbocycles. The molecule has 0 spiro atoms. The van der Waals surface area contributed by atoms with Gasteiger partial charge in [0.2, 0.25) is 0 Å². The average Bonchev–Trinajstić information content (AvgIpc) is 3.37. The summed E-state index contributed by atoms with van der Waals surface area (Å²) < 4.78 is 2.03. The molecule has 1 atom stereocenters. The summed E-state index contributed by atoms with van der Waals surface area (Å²) in [6.07, 6.45) is 6.12. The molecule has 0 radical (unpaired) electrons. The van der Waals surface area contributed by atoms with E-state index in [4.69, 9.17) is 0 Å². The molecule has 25 heavy (non-hydrogen) atoms. The third-order valence-electron chi connectivity index (χ3n) is 5.29. The van der Waals surface area contributed by atoms with Gasteiger partial charge in [0.25, 0.3) is 5.91 Å². The van der Waals surface area contributed by atoms with Gasteiger partial charge in [0.15, 0.2) is 0 Å². The van der Waals surface area contributed by atoms with Crippen molar-refractivity contribution in [2.45, 2.75) is 18.9 Å². The van der Waals surface area contributed by atoms with Crippen LogP contribution in [0.4, 0.5) is 0 Å². The first-order valence-corrected chi connectivity index (χ1v) is 9.14. The molecular weight excluding hydrogens is 314 g/mol. The van der Waals surface area contributed by atoms with E-state index in [2.05, 4.69) is 4.90 Å². The fourth-order valence-corrected chi connectivity index (χ4v) is 3.49. The molecule has 2 fully saturated rings. The summed E-state index contributed by atoms with van der Waals surface area (Å²) >= 11 is 0. The zero-order valence-electron chi connectivity index (χ0n) is 14.4. The Balaban J connectivity index is 1.32. The highest BCUT2D eigenvalue weighted by atomic mass is 16.3. The monoisotopic (exact) mass is 339 g/mol. The lowest BCUT2D eigenvalue weighted by Crippen LogP contribution is -2.50. The standard InChI is InChI=1S/C20H25N3O2/c24-19(16-3-4-16)15-21-11-13-23(14-12-21)20(25)17-5-7-18(8-6-17)22-9-1-2-10-22/h1-2,5-10,16,19,24H,3-4,11-15H2/t19-/m1/s1. The number of nitrogens with zero attached hydrogens (tertiary/aromatic N) is 3. The van der Waals surface area contributed by atoms with E-state index in [0.29, 0.717) is 5.92 Å². The van der Waals surface area contributed by atoms with Crippen molar-refractivity contribution in [1.82, 2.24) is 14.4 Å². The molecule has 1 aliphatic carbocycles. The van der Waals surface area contributed by atoms with Gasteiger partial charge in [0, 0.05) is 56.4 Å². The maximum atomic E-state index is 12.7. The van der Waals surface area contributed by atoms with Crippen molar-refractivity contribution >= 4 is 5.91 Å². The zero-order valence-corrected chi connectivity index (χ0v) is 14.4. The van der Waals surface area contributed by atoms with Gasteiger partial charge in [-0.05, 0) is 55.2 Å². The molecule has 1 aliphatic heterocycles. The third-order valence-corrected chi connectivity index (χ3v) is 5.29. The molecule has 2 aliphatic rings. The van der Waals surface area contributed by atoms with Crippen molar-refractivity contribution in [3.8, 4) is 5.69 Å². The second kappa shape index (κ2) is 7.02. The summed E-state index contributed by atoms with van der Waals surface area (Å²) in [4.78, 5) is 16.9. The molecule has 1 amide bonds. The number of carbonyl (C=O) groups is 1. The van der Waals surface area contributed by atoms with Crippen LogP contribution in [0.2, 0.25) is 0 Å². The summed E-state index contributed by atoms with van der Waals surface area (Å²) in [5, 5.41) is 10.1. The summed E-state index contributed by atoms with van der Waals surface area (Å²) in [6.45, 7) is 3.90. The molecule has 0 bridgehead atoms. The van der Waals surface area contributed by atoms with E-state index in [1.807, 2.05) is 58.3 Å². The minimum absolute atomic E-state index is 0.0986. The Bertz CT molecular complexity index is 699. The van der Waals surface area contributed by atoms with Gasteiger partial charge < -0.3 is 14.6 Å². The van der Waals surface area contributed by atoms with E-state index in [1.54, 1.807) is 0 Å². The second-order valence-corrected chi connectivity index (χ2v) is 7.13. The predicted octanol–water partition coefficient (Wildman–Crippen LogP) is 2.01. The number of carbonyl (C=O) groups excluding carboxylic acids is 1. The van der Waals surface area contributed by atoms with Crippen molar-refractivity contribution in [2.24, 2.45) is 5.92 Å². The van der Waals surface area contributed by atoms with Crippen molar-refractivity contribution in [3.05, 3.63) is 54.4 Å². The molecule has 0 unspecified atom stereocenters. The highest BCUT2D eigenvalue weighted by Gasteiger charge is 2.32. The Morgan fingerprint density at radius 2 is 1.68 bits per heavy atom. The number of hydrogen-bond acceptors (Lipinski definition) is 3. The summed E-state index contributed by atoms with van der Waals surface area (Å²) in [6, 6.07) is 11.7. The van der Waals surface area contributed by atoms with Crippen LogP contribution in [0.5, 0.6) is 0 Å². The molecular formula is C20H25N3O2. The normalized spacial score (nSPS) is 19.8. The molecule has 1 N–H and O–H groups in total. The molecule has 2 aromatic rings. The van der Waals surface area contributed by atoms with Crippen molar-refractivity contribution in [2.75, 3.05) is 32.7 Å². The number of amides is 1. The minimum atomic E-state index is -0.191. The van der Waals surface area contributed by atoms with E-state index in [9.17, 15) is 9.90 Å². The number of rotatable bonds is 5. The number of aliphatic hydroxyl groups excluding tert-OH is 1. The molecule has 1 aromatic heterocycles.